The molecule has 1 aromatic carbocycles. The molecule has 0 aliphatic carbocycles. The Labute approximate surface area is 119 Å². The largest absolute Gasteiger partial charge is 0.313 e. The zero-order valence-electron chi connectivity index (χ0n) is 10.0. The monoisotopic (exact) mass is 337 g/mol. The fourth-order valence-corrected chi connectivity index (χ4v) is 2.42. The Kier molecular flexibility index (Phi) is 6.70. The van der Waals surface area contributed by atoms with Crippen LogP contribution in [0.25, 0.3) is 0 Å². The molecule has 0 amide bonds. The van der Waals surface area contributed by atoms with Crippen LogP contribution in [0, 0.1) is 0 Å². The summed E-state index contributed by atoms with van der Waals surface area (Å²) < 4.78 is 12.2. The normalized spacial score (nSPS) is 14.6. The van der Waals surface area contributed by atoms with Gasteiger partial charge in [-0.3, -0.25) is 4.21 Å². The van der Waals surface area contributed by atoms with Gasteiger partial charge in [0.05, 0.1) is 0 Å². The van der Waals surface area contributed by atoms with Crippen LogP contribution in [0.1, 0.15) is 18.9 Å². The Hall–Kier alpha value is 0.1000. The quantitative estimate of drug-likeness (QED) is 0.806. The topological polar surface area (TPSA) is 29.1 Å². The molecule has 0 heterocycles. The van der Waals surface area contributed by atoms with Gasteiger partial charge in [-0.25, -0.2) is 0 Å². The first-order chi connectivity index (χ1) is 8.00. The lowest BCUT2D eigenvalue weighted by atomic mass is 10.2. The Morgan fingerprint density at radius 2 is 2.24 bits per heavy atom. The third-order valence-electron chi connectivity index (χ3n) is 2.62. The maximum absolute atomic E-state index is 11.2. The molecule has 1 aromatic rings. The first-order valence-corrected chi connectivity index (χ1v) is 8.27. The van der Waals surface area contributed by atoms with E-state index in [4.69, 9.17) is 11.6 Å². The first kappa shape index (κ1) is 15.2. The number of hydrogen-bond acceptors (Lipinski definition) is 2. The second kappa shape index (κ2) is 7.52. The summed E-state index contributed by atoms with van der Waals surface area (Å²) in [6.07, 6.45) is 2.66. The average Bonchev–Trinajstić information content (AvgIpc) is 2.28. The molecule has 0 fully saturated rings. The third-order valence-corrected chi connectivity index (χ3v) is 4.85. The Bertz CT molecular complexity index is 400. The maximum Gasteiger partial charge on any atom is 0.0451 e. The summed E-state index contributed by atoms with van der Waals surface area (Å²) in [5, 5.41) is 4.32. The molecule has 2 atom stereocenters. The number of hydrogen-bond donors (Lipinski definition) is 1. The summed E-state index contributed by atoms with van der Waals surface area (Å²) in [6, 6.07) is 5.82. The number of nitrogens with one attached hydrogen (secondary N) is 1. The highest BCUT2D eigenvalue weighted by Gasteiger charge is 2.05. The van der Waals surface area contributed by atoms with Crippen LogP contribution in [0.4, 0.5) is 0 Å². The minimum atomic E-state index is -0.740. The van der Waals surface area contributed by atoms with E-state index in [1.54, 1.807) is 6.26 Å². The van der Waals surface area contributed by atoms with Gasteiger partial charge in [-0.1, -0.05) is 34.5 Å². The Balaban J connectivity index is 2.36. The van der Waals surface area contributed by atoms with E-state index in [0.29, 0.717) is 0 Å². The molecular weight excluding hydrogens is 322 g/mol. The van der Waals surface area contributed by atoms with E-state index in [2.05, 4.69) is 21.2 Å². The van der Waals surface area contributed by atoms with Gasteiger partial charge in [0.15, 0.2) is 0 Å². The lowest BCUT2D eigenvalue weighted by Gasteiger charge is -2.10. The average molecular weight is 339 g/mol. The van der Waals surface area contributed by atoms with E-state index in [9.17, 15) is 4.21 Å². The van der Waals surface area contributed by atoms with E-state index in [1.165, 1.54) is 0 Å². The molecule has 0 saturated heterocycles. The van der Waals surface area contributed by atoms with Crippen LogP contribution in [0.15, 0.2) is 22.7 Å². The fraction of sp³-hybridized carbons (Fsp3) is 0.500. The van der Waals surface area contributed by atoms with Gasteiger partial charge >= 0.3 is 0 Å². The Morgan fingerprint density at radius 1 is 1.53 bits per heavy atom. The molecule has 0 aliphatic rings. The SMILES string of the molecule is CC(CCNCc1cc(Br)ccc1Cl)S(C)=O. The van der Waals surface area contributed by atoms with Crippen molar-refractivity contribution in [3.05, 3.63) is 33.3 Å². The molecule has 0 aromatic heterocycles. The van der Waals surface area contributed by atoms with Gasteiger partial charge < -0.3 is 5.32 Å². The van der Waals surface area contributed by atoms with Gasteiger partial charge in [0, 0.05) is 38.3 Å². The van der Waals surface area contributed by atoms with Crippen LogP contribution < -0.4 is 5.32 Å². The molecule has 0 radical (unpaired) electrons. The summed E-state index contributed by atoms with van der Waals surface area (Å²) in [5.41, 5.74) is 1.08. The van der Waals surface area contributed by atoms with Gasteiger partial charge in [0.1, 0.15) is 0 Å². The van der Waals surface area contributed by atoms with Crippen molar-refractivity contribution in [3.63, 3.8) is 0 Å². The van der Waals surface area contributed by atoms with Crippen molar-refractivity contribution < 1.29 is 4.21 Å². The molecule has 0 aliphatic heterocycles. The lowest BCUT2D eigenvalue weighted by molar-refractivity contribution is 0.629. The van der Waals surface area contributed by atoms with Crippen molar-refractivity contribution in [2.24, 2.45) is 0 Å². The second-order valence-electron chi connectivity index (χ2n) is 4.01. The maximum atomic E-state index is 11.2. The van der Waals surface area contributed by atoms with E-state index in [1.807, 2.05) is 25.1 Å². The van der Waals surface area contributed by atoms with Gasteiger partial charge in [0.2, 0.25) is 0 Å². The summed E-state index contributed by atoms with van der Waals surface area (Å²) >= 11 is 9.50. The predicted molar refractivity (Wildman–Crippen MR) is 79.0 cm³/mol. The standard InChI is InChI=1S/C12H17BrClNOS/c1-9(17(2)16)5-6-15-8-10-7-11(13)3-4-12(10)14/h3-4,7,9,15H,5-6,8H2,1-2H3. The van der Waals surface area contributed by atoms with Gasteiger partial charge in [-0.05, 0) is 36.7 Å². The lowest BCUT2D eigenvalue weighted by Crippen LogP contribution is -2.21. The molecule has 2 nitrogen and oxygen atoms in total. The van der Waals surface area contributed by atoms with Crippen molar-refractivity contribution in [2.45, 2.75) is 25.1 Å². The van der Waals surface area contributed by atoms with Crippen LogP contribution in [0.3, 0.4) is 0 Å². The first-order valence-electron chi connectivity index (χ1n) is 5.47. The van der Waals surface area contributed by atoms with Crippen molar-refractivity contribution in [2.75, 3.05) is 12.8 Å². The fourth-order valence-electron chi connectivity index (χ4n) is 1.37. The smallest absolute Gasteiger partial charge is 0.0451 e. The van der Waals surface area contributed by atoms with Crippen LogP contribution in [0.5, 0.6) is 0 Å². The van der Waals surface area contributed by atoms with E-state index < -0.39 is 10.8 Å². The zero-order chi connectivity index (χ0) is 12.8. The molecule has 17 heavy (non-hydrogen) atoms. The molecule has 1 rings (SSSR count). The summed E-state index contributed by atoms with van der Waals surface area (Å²) in [4.78, 5) is 0. The van der Waals surface area contributed by atoms with Crippen LogP contribution in [-0.4, -0.2) is 22.3 Å². The van der Waals surface area contributed by atoms with Gasteiger partial charge in [0.25, 0.3) is 0 Å². The molecule has 2 unspecified atom stereocenters. The molecule has 0 bridgehead atoms. The molecule has 5 heteroatoms. The highest BCUT2D eigenvalue weighted by molar-refractivity contribution is 9.10. The molecule has 96 valence electrons. The summed E-state index contributed by atoms with van der Waals surface area (Å²) in [5.74, 6) is 0. The van der Waals surface area contributed by atoms with Crippen molar-refractivity contribution >= 4 is 38.3 Å². The van der Waals surface area contributed by atoms with Crippen molar-refractivity contribution in [1.82, 2.24) is 5.32 Å². The number of halogens is 2. The molecule has 0 saturated carbocycles. The van der Waals surface area contributed by atoms with E-state index in [0.717, 1.165) is 34.6 Å². The van der Waals surface area contributed by atoms with Gasteiger partial charge in [-0.15, -0.1) is 0 Å². The second-order valence-corrected chi connectivity index (χ2v) is 7.14. The summed E-state index contributed by atoms with van der Waals surface area (Å²) in [6.45, 7) is 3.59. The van der Waals surface area contributed by atoms with Crippen LogP contribution >= 0.6 is 27.5 Å². The third kappa shape index (κ3) is 5.51. The van der Waals surface area contributed by atoms with Gasteiger partial charge in [-0.2, -0.15) is 0 Å². The van der Waals surface area contributed by atoms with Crippen molar-refractivity contribution in [1.29, 1.82) is 0 Å². The van der Waals surface area contributed by atoms with Crippen molar-refractivity contribution in [3.8, 4) is 0 Å². The number of benzene rings is 1. The minimum Gasteiger partial charge on any atom is -0.313 e. The van der Waals surface area contributed by atoms with E-state index in [-0.39, 0.29) is 5.25 Å². The Morgan fingerprint density at radius 3 is 2.88 bits per heavy atom. The molecule has 0 spiro atoms. The minimum absolute atomic E-state index is 0.237. The predicted octanol–water partition coefficient (Wildman–Crippen LogP) is 3.35. The molecular formula is C12H17BrClNOS. The summed E-state index contributed by atoms with van der Waals surface area (Å²) in [7, 11) is -0.740. The van der Waals surface area contributed by atoms with Crippen LogP contribution in [0.2, 0.25) is 5.02 Å². The molecule has 1 N–H and O–H groups in total. The zero-order valence-corrected chi connectivity index (χ0v) is 13.2. The highest BCUT2D eigenvalue weighted by atomic mass is 79.9. The number of rotatable bonds is 6. The van der Waals surface area contributed by atoms with E-state index >= 15 is 0 Å². The van der Waals surface area contributed by atoms with Crippen LogP contribution in [-0.2, 0) is 17.3 Å². The highest BCUT2D eigenvalue weighted by Crippen LogP contribution is 2.20.